The number of rotatable bonds is 4. The summed E-state index contributed by atoms with van der Waals surface area (Å²) in [5.41, 5.74) is -0.154. The van der Waals surface area contributed by atoms with Gasteiger partial charge in [0, 0.05) is 15.6 Å². The number of ether oxygens (including phenoxy) is 1. The molecular weight excluding hydrogens is 434 g/mol. The first kappa shape index (κ1) is 18.3. The van der Waals surface area contributed by atoms with Crippen molar-refractivity contribution in [2.75, 3.05) is 6.61 Å². The second-order valence-electron chi connectivity index (χ2n) is 6.56. The van der Waals surface area contributed by atoms with Gasteiger partial charge >= 0.3 is 5.97 Å². The van der Waals surface area contributed by atoms with Crippen molar-refractivity contribution in [2.24, 2.45) is 0 Å². The van der Waals surface area contributed by atoms with Gasteiger partial charge in [0.05, 0.1) is 11.5 Å². The molecule has 1 fully saturated rings. The van der Waals surface area contributed by atoms with Gasteiger partial charge < -0.3 is 4.74 Å². The second-order valence-corrected chi connectivity index (χ2v) is 9.26. The molecule has 2 aliphatic rings. The van der Waals surface area contributed by atoms with Crippen molar-refractivity contribution in [3.8, 4) is 0 Å². The molecule has 27 heavy (non-hydrogen) atoms. The lowest BCUT2D eigenvalue weighted by Gasteiger charge is -2.14. The van der Waals surface area contributed by atoms with Crippen LogP contribution in [-0.4, -0.2) is 37.1 Å². The summed E-state index contributed by atoms with van der Waals surface area (Å²) in [7, 11) is -3.96. The number of carbonyl (C=O) groups is 2. The Morgan fingerprint density at radius 3 is 2.48 bits per heavy atom. The van der Waals surface area contributed by atoms with Crippen LogP contribution in [0, 0.1) is 6.92 Å². The Labute approximate surface area is 165 Å². The van der Waals surface area contributed by atoms with E-state index in [1.165, 1.54) is 6.07 Å². The smallest absolute Gasteiger partial charge is 0.334 e. The third-order valence-electron chi connectivity index (χ3n) is 4.96. The zero-order valence-corrected chi connectivity index (χ0v) is 17.0. The molecular formula is C19H16BrNO5S. The van der Waals surface area contributed by atoms with Crippen LogP contribution in [-0.2, 0) is 25.1 Å². The quantitative estimate of drug-likeness (QED) is 0.407. The van der Waals surface area contributed by atoms with Gasteiger partial charge in [0.15, 0.2) is 11.3 Å². The molecule has 0 bridgehead atoms. The lowest BCUT2D eigenvalue weighted by molar-refractivity contribution is -0.147. The van der Waals surface area contributed by atoms with Gasteiger partial charge in [0.2, 0.25) is 10.0 Å². The van der Waals surface area contributed by atoms with Gasteiger partial charge in [-0.3, -0.25) is 4.79 Å². The maximum absolute atomic E-state index is 13.1. The molecule has 2 heterocycles. The van der Waals surface area contributed by atoms with E-state index in [1.807, 2.05) is 6.92 Å². The van der Waals surface area contributed by atoms with Crippen LogP contribution in [0.25, 0.3) is 0 Å². The second kappa shape index (κ2) is 5.98. The van der Waals surface area contributed by atoms with Gasteiger partial charge in [-0.25, -0.2) is 13.2 Å². The first-order valence-corrected chi connectivity index (χ1v) is 10.6. The van der Waals surface area contributed by atoms with Crippen molar-refractivity contribution in [1.82, 2.24) is 4.31 Å². The Morgan fingerprint density at radius 1 is 1.19 bits per heavy atom. The van der Waals surface area contributed by atoms with Crippen LogP contribution < -0.4 is 0 Å². The molecule has 140 valence electrons. The van der Waals surface area contributed by atoms with Crippen molar-refractivity contribution >= 4 is 37.7 Å². The SMILES string of the molecule is CCOC(=O)[C@@]12c3cc(C)ccc3S(=O)(=O)N1[C@H]2C(=O)c1ccc(Br)cc1. The van der Waals surface area contributed by atoms with Crippen LogP contribution in [0.3, 0.4) is 0 Å². The number of hydrogen-bond donors (Lipinski definition) is 0. The summed E-state index contributed by atoms with van der Waals surface area (Å²) in [6.45, 7) is 3.55. The molecule has 1 unspecified atom stereocenters. The maximum atomic E-state index is 13.1. The number of fused-ring (bicyclic) bond motifs is 3. The van der Waals surface area contributed by atoms with Gasteiger partial charge in [-0.2, -0.15) is 4.31 Å². The van der Waals surface area contributed by atoms with Gasteiger partial charge in [-0.05, 0) is 32.0 Å². The Hall–Kier alpha value is -2.03. The monoisotopic (exact) mass is 449 g/mol. The number of benzene rings is 2. The van der Waals surface area contributed by atoms with E-state index < -0.39 is 33.4 Å². The fourth-order valence-corrected chi connectivity index (χ4v) is 6.10. The Kier molecular flexibility index (Phi) is 4.06. The highest BCUT2D eigenvalue weighted by atomic mass is 79.9. The zero-order valence-electron chi connectivity index (χ0n) is 14.6. The summed E-state index contributed by atoms with van der Waals surface area (Å²) < 4.78 is 33.0. The molecule has 4 rings (SSSR count). The molecule has 0 radical (unpaired) electrons. The fraction of sp³-hybridized carbons (Fsp3) is 0.263. The highest BCUT2D eigenvalue weighted by Crippen LogP contribution is 2.62. The fourth-order valence-electron chi connectivity index (χ4n) is 3.76. The van der Waals surface area contributed by atoms with E-state index in [1.54, 1.807) is 43.3 Å². The molecule has 0 N–H and O–H groups in total. The molecule has 0 aliphatic carbocycles. The van der Waals surface area contributed by atoms with Gasteiger partial charge in [-0.1, -0.05) is 45.8 Å². The van der Waals surface area contributed by atoms with E-state index in [0.717, 1.165) is 14.3 Å². The molecule has 6 nitrogen and oxygen atoms in total. The van der Waals surface area contributed by atoms with Crippen LogP contribution >= 0.6 is 15.9 Å². The predicted molar refractivity (Wildman–Crippen MR) is 101 cm³/mol. The molecule has 0 aromatic heterocycles. The molecule has 1 saturated heterocycles. The predicted octanol–water partition coefficient (Wildman–Crippen LogP) is 2.79. The largest absolute Gasteiger partial charge is 0.464 e. The number of carbonyl (C=O) groups excluding carboxylic acids is 2. The number of halogens is 1. The normalized spacial score (nSPS) is 26.8. The van der Waals surface area contributed by atoms with E-state index in [9.17, 15) is 18.0 Å². The first-order valence-electron chi connectivity index (χ1n) is 8.39. The Balaban J connectivity index is 1.89. The van der Waals surface area contributed by atoms with Crippen molar-refractivity contribution in [2.45, 2.75) is 30.3 Å². The summed E-state index contributed by atoms with van der Waals surface area (Å²) >= 11 is 3.31. The highest BCUT2D eigenvalue weighted by molar-refractivity contribution is 9.10. The van der Waals surface area contributed by atoms with Crippen LogP contribution in [0.5, 0.6) is 0 Å². The minimum absolute atomic E-state index is 0.0565. The van der Waals surface area contributed by atoms with E-state index >= 15 is 0 Å². The number of ketones is 1. The summed E-state index contributed by atoms with van der Waals surface area (Å²) in [6.07, 6.45) is 0. The third-order valence-corrected chi connectivity index (χ3v) is 7.41. The van der Waals surface area contributed by atoms with E-state index in [-0.39, 0.29) is 11.5 Å². The maximum Gasteiger partial charge on any atom is 0.334 e. The van der Waals surface area contributed by atoms with Crippen molar-refractivity contribution in [3.63, 3.8) is 0 Å². The Bertz CT molecular complexity index is 1080. The van der Waals surface area contributed by atoms with Gasteiger partial charge in [-0.15, -0.1) is 0 Å². The standard InChI is InChI=1S/C19H16BrNO5S/c1-3-26-18(23)19-14-10-11(2)4-9-15(14)27(24,25)21(19)17(19)16(22)12-5-7-13(20)8-6-12/h4-10,17H,3H2,1-2H3/t17-,19-,21?/m0/s1. The summed E-state index contributed by atoms with van der Waals surface area (Å²) in [4.78, 5) is 26.0. The Morgan fingerprint density at radius 2 is 1.85 bits per heavy atom. The van der Waals surface area contributed by atoms with Crippen molar-refractivity contribution in [1.29, 1.82) is 0 Å². The molecule has 3 atom stereocenters. The number of esters is 1. The minimum atomic E-state index is -3.96. The minimum Gasteiger partial charge on any atom is -0.464 e. The molecule has 0 spiro atoms. The van der Waals surface area contributed by atoms with Gasteiger partial charge in [0.25, 0.3) is 0 Å². The molecule has 2 aromatic rings. The van der Waals surface area contributed by atoms with Crippen LogP contribution in [0.2, 0.25) is 0 Å². The van der Waals surface area contributed by atoms with Crippen LogP contribution in [0.4, 0.5) is 0 Å². The molecule has 2 aliphatic heterocycles. The van der Waals surface area contributed by atoms with Gasteiger partial charge in [0.1, 0.15) is 6.04 Å². The van der Waals surface area contributed by atoms with E-state index in [2.05, 4.69) is 15.9 Å². The van der Waals surface area contributed by atoms with Crippen LogP contribution in [0.1, 0.15) is 28.4 Å². The summed E-state index contributed by atoms with van der Waals surface area (Å²) in [6, 6.07) is 10.3. The molecule has 2 aromatic carbocycles. The molecule has 0 saturated carbocycles. The van der Waals surface area contributed by atoms with Crippen molar-refractivity contribution < 1.29 is 22.7 Å². The lowest BCUT2D eigenvalue weighted by atomic mass is 9.90. The highest BCUT2D eigenvalue weighted by Gasteiger charge is 2.82. The summed E-state index contributed by atoms with van der Waals surface area (Å²) in [5.74, 6) is -1.14. The topological polar surface area (TPSA) is 80.5 Å². The zero-order chi connectivity index (χ0) is 19.6. The number of hydrogen-bond acceptors (Lipinski definition) is 5. The van der Waals surface area contributed by atoms with Crippen molar-refractivity contribution in [3.05, 3.63) is 63.6 Å². The number of Topliss-reactive ketones (excluding diaryl/α,β-unsaturated/α-hetero) is 1. The first-order chi connectivity index (χ1) is 12.8. The van der Waals surface area contributed by atoms with E-state index in [4.69, 9.17) is 4.74 Å². The number of nitrogens with zero attached hydrogens (tertiary/aromatic N) is 1. The summed E-state index contributed by atoms with van der Waals surface area (Å²) in [5, 5.41) is 0. The molecule has 0 amide bonds. The number of sulfonamides is 1. The average molecular weight is 450 g/mol. The van der Waals surface area contributed by atoms with E-state index in [0.29, 0.717) is 11.1 Å². The lowest BCUT2D eigenvalue weighted by Crippen LogP contribution is -2.30. The van der Waals surface area contributed by atoms with Crippen LogP contribution in [0.15, 0.2) is 51.8 Å². The third kappa shape index (κ3) is 2.36. The number of aryl methyl sites for hydroxylation is 1. The average Bonchev–Trinajstić information content (AvgIpc) is 3.29. The molecule has 8 heteroatoms.